The van der Waals surface area contributed by atoms with Crippen molar-refractivity contribution in [3.05, 3.63) is 17.5 Å². The van der Waals surface area contributed by atoms with Crippen molar-refractivity contribution < 1.29 is 15.0 Å². The van der Waals surface area contributed by atoms with Crippen LogP contribution in [0.3, 0.4) is 0 Å². The maximum Gasteiger partial charge on any atom is 0.338 e. The van der Waals surface area contributed by atoms with Gasteiger partial charge in [-0.05, 0) is 24.3 Å². The second-order valence-corrected chi connectivity index (χ2v) is 3.66. The van der Waals surface area contributed by atoms with Crippen LogP contribution in [-0.2, 0) is 11.8 Å². The van der Waals surface area contributed by atoms with Crippen LogP contribution >= 0.6 is 0 Å². The Labute approximate surface area is 81.0 Å². The van der Waals surface area contributed by atoms with Crippen molar-refractivity contribution in [2.75, 3.05) is 0 Å². The van der Waals surface area contributed by atoms with Gasteiger partial charge in [-0.25, -0.2) is 4.79 Å². The predicted molar refractivity (Wildman–Crippen MR) is 47.8 cm³/mol. The predicted octanol–water partition coefficient (Wildman–Crippen LogP) is 0.415. The largest absolute Gasteiger partial charge is 0.479 e. The summed E-state index contributed by atoms with van der Waals surface area (Å²) in [5, 5.41) is 22.0. The molecule has 1 atom stereocenters. The molecule has 5 nitrogen and oxygen atoms in total. The fourth-order valence-electron chi connectivity index (χ4n) is 1.56. The van der Waals surface area contributed by atoms with Crippen molar-refractivity contribution >= 4 is 5.97 Å². The van der Waals surface area contributed by atoms with Crippen molar-refractivity contribution in [1.29, 1.82) is 0 Å². The minimum atomic E-state index is -1.49. The van der Waals surface area contributed by atoms with E-state index in [1.54, 1.807) is 17.9 Å². The van der Waals surface area contributed by atoms with Gasteiger partial charge in [0.2, 0.25) is 0 Å². The normalized spacial score (nSPS) is 18.1. The highest BCUT2D eigenvalue weighted by Gasteiger charge is 2.32. The van der Waals surface area contributed by atoms with E-state index in [4.69, 9.17) is 5.11 Å². The van der Waals surface area contributed by atoms with Crippen LogP contribution in [0.2, 0.25) is 0 Å². The van der Waals surface area contributed by atoms with E-state index in [9.17, 15) is 9.90 Å². The molecule has 5 heteroatoms. The zero-order valence-electron chi connectivity index (χ0n) is 7.84. The Bertz CT molecular complexity index is 368. The zero-order chi connectivity index (χ0) is 10.3. The Morgan fingerprint density at radius 3 is 2.86 bits per heavy atom. The number of hydrogen-bond acceptors (Lipinski definition) is 3. The highest BCUT2D eigenvalue weighted by molar-refractivity contribution is 5.74. The molecule has 2 N–H and O–H groups in total. The molecule has 1 aliphatic rings. The van der Waals surface area contributed by atoms with E-state index in [-0.39, 0.29) is 0 Å². The van der Waals surface area contributed by atoms with Crippen LogP contribution in [0.5, 0.6) is 0 Å². The number of aromatic nitrogens is 2. The summed E-state index contributed by atoms with van der Waals surface area (Å²) in [4.78, 5) is 10.6. The summed E-state index contributed by atoms with van der Waals surface area (Å²) in [6.45, 7) is 0. The fourth-order valence-corrected chi connectivity index (χ4v) is 1.56. The third-order valence-corrected chi connectivity index (χ3v) is 2.40. The molecule has 0 aromatic carbocycles. The Hall–Kier alpha value is -1.36. The van der Waals surface area contributed by atoms with Gasteiger partial charge in [0.15, 0.2) is 6.10 Å². The van der Waals surface area contributed by atoms with E-state index in [1.807, 2.05) is 0 Å². The summed E-state index contributed by atoms with van der Waals surface area (Å²) in [7, 11) is 1.73. The Balaban J connectivity index is 2.35. The lowest BCUT2D eigenvalue weighted by molar-refractivity contribution is -0.147. The molecule has 0 radical (unpaired) electrons. The molecule has 1 unspecified atom stereocenters. The second kappa shape index (κ2) is 3.09. The standard InChI is InChI=1S/C9H12N2O3/c1-11-4-6(5-2-3-5)7(10-11)8(12)9(13)14/h4-5,8,12H,2-3H2,1H3,(H,13,14). The van der Waals surface area contributed by atoms with Crippen LogP contribution in [0.15, 0.2) is 6.20 Å². The Morgan fingerprint density at radius 1 is 1.71 bits per heavy atom. The van der Waals surface area contributed by atoms with Crippen LogP contribution in [0.25, 0.3) is 0 Å². The van der Waals surface area contributed by atoms with Gasteiger partial charge in [0.25, 0.3) is 0 Å². The molecule has 0 spiro atoms. The minimum absolute atomic E-state index is 0.294. The minimum Gasteiger partial charge on any atom is -0.479 e. The van der Waals surface area contributed by atoms with Crippen LogP contribution in [0.1, 0.15) is 36.1 Å². The van der Waals surface area contributed by atoms with Crippen LogP contribution in [-0.4, -0.2) is 26.0 Å². The van der Waals surface area contributed by atoms with Gasteiger partial charge in [-0.1, -0.05) is 0 Å². The lowest BCUT2D eigenvalue weighted by Crippen LogP contribution is -2.12. The molecule has 14 heavy (non-hydrogen) atoms. The summed E-state index contributed by atoms with van der Waals surface area (Å²) in [6, 6.07) is 0. The molecule has 0 saturated heterocycles. The zero-order valence-corrected chi connectivity index (χ0v) is 7.84. The molecule has 1 fully saturated rings. The molecule has 1 saturated carbocycles. The quantitative estimate of drug-likeness (QED) is 0.734. The lowest BCUT2D eigenvalue weighted by atomic mass is 10.1. The van der Waals surface area contributed by atoms with Gasteiger partial charge in [0, 0.05) is 13.2 Å². The van der Waals surface area contributed by atoms with Gasteiger partial charge >= 0.3 is 5.97 Å². The van der Waals surface area contributed by atoms with E-state index in [0.717, 1.165) is 18.4 Å². The van der Waals surface area contributed by atoms with E-state index in [0.29, 0.717) is 11.6 Å². The molecular weight excluding hydrogens is 184 g/mol. The van der Waals surface area contributed by atoms with Gasteiger partial charge in [-0.15, -0.1) is 0 Å². The third kappa shape index (κ3) is 1.50. The summed E-state index contributed by atoms with van der Waals surface area (Å²) in [5.41, 5.74) is 1.17. The van der Waals surface area contributed by atoms with E-state index in [1.165, 1.54) is 0 Å². The van der Waals surface area contributed by atoms with Crippen LogP contribution < -0.4 is 0 Å². The molecule has 2 rings (SSSR count). The number of hydrogen-bond donors (Lipinski definition) is 2. The van der Waals surface area contributed by atoms with E-state index >= 15 is 0 Å². The van der Waals surface area contributed by atoms with Gasteiger partial charge in [0.1, 0.15) is 5.69 Å². The van der Waals surface area contributed by atoms with Gasteiger partial charge in [0.05, 0.1) is 0 Å². The molecular formula is C9H12N2O3. The first-order valence-electron chi connectivity index (χ1n) is 4.54. The maximum absolute atomic E-state index is 10.6. The lowest BCUT2D eigenvalue weighted by Gasteiger charge is -2.03. The number of nitrogens with zero attached hydrogens (tertiary/aromatic N) is 2. The van der Waals surface area contributed by atoms with Crippen molar-refractivity contribution in [3.63, 3.8) is 0 Å². The van der Waals surface area contributed by atoms with Gasteiger partial charge < -0.3 is 10.2 Å². The maximum atomic E-state index is 10.6. The molecule has 1 aliphatic carbocycles. The highest BCUT2D eigenvalue weighted by atomic mass is 16.4. The first-order chi connectivity index (χ1) is 6.59. The van der Waals surface area contributed by atoms with Crippen molar-refractivity contribution in [2.45, 2.75) is 24.9 Å². The Morgan fingerprint density at radius 2 is 2.36 bits per heavy atom. The Kier molecular flexibility index (Phi) is 2.03. The number of aliphatic hydroxyl groups excluding tert-OH is 1. The number of carboxylic acids is 1. The summed E-state index contributed by atoms with van der Waals surface area (Å²) in [6.07, 6.45) is 2.42. The number of aliphatic carboxylic acids is 1. The van der Waals surface area contributed by atoms with E-state index in [2.05, 4.69) is 5.10 Å². The molecule has 0 bridgehead atoms. The highest BCUT2D eigenvalue weighted by Crippen LogP contribution is 2.42. The smallest absolute Gasteiger partial charge is 0.338 e. The number of carboxylic acid groups (broad SMARTS) is 1. The van der Waals surface area contributed by atoms with Crippen molar-refractivity contribution in [1.82, 2.24) is 9.78 Å². The summed E-state index contributed by atoms with van der Waals surface area (Å²) in [5.74, 6) is -0.849. The van der Waals surface area contributed by atoms with E-state index < -0.39 is 12.1 Å². The van der Waals surface area contributed by atoms with Crippen LogP contribution in [0, 0.1) is 0 Å². The molecule has 76 valence electrons. The first kappa shape index (κ1) is 9.21. The average molecular weight is 196 g/mol. The van der Waals surface area contributed by atoms with Crippen molar-refractivity contribution in [3.8, 4) is 0 Å². The SMILES string of the molecule is Cn1cc(C2CC2)c(C(O)C(=O)O)n1. The second-order valence-electron chi connectivity index (χ2n) is 3.66. The van der Waals surface area contributed by atoms with Crippen molar-refractivity contribution in [2.24, 2.45) is 7.05 Å². The number of carbonyl (C=O) groups is 1. The topological polar surface area (TPSA) is 75.4 Å². The van der Waals surface area contributed by atoms with Crippen LogP contribution in [0.4, 0.5) is 0 Å². The van der Waals surface area contributed by atoms with Gasteiger partial charge in [-0.3, -0.25) is 4.68 Å². The monoisotopic (exact) mass is 196 g/mol. The molecule has 0 amide bonds. The third-order valence-electron chi connectivity index (χ3n) is 2.40. The molecule has 1 aromatic rings. The summed E-state index contributed by atoms with van der Waals surface area (Å²) < 4.78 is 1.55. The molecule has 0 aliphatic heterocycles. The molecule has 1 aromatic heterocycles. The number of aryl methyl sites for hydroxylation is 1. The molecule has 1 heterocycles. The summed E-state index contributed by atoms with van der Waals surface area (Å²) >= 11 is 0. The fraction of sp³-hybridized carbons (Fsp3) is 0.556. The number of rotatable bonds is 3. The van der Waals surface area contributed by atoms with Gasteiger partial charge in [-0.2, -0.15) is 5.10 Å². The average Bonchev–Trinajstić information content (AvgIpc) is 2.88. The number of aliphatic hydroxyl groups is 1. The first-order valence-corrected chi connectivity index (χ1v) is 4.54.